The van der Waals surface area contributed by atoms with Crippen LogP contribution in [-0.2, 0) is 11.2 Å². The van der Waals surface area contributed by atoms with Crippen LogP contribution in [0.2, 0.25) is 0 Å². The number of aromatic nitrogens is 2. The first-order chi connectivity index (χ1) is 12.1. The van der Waals surface area contributed by atoms with Crippen molar-refractivity contribution in [1.82, 2.24) is 20.4 Å². The number of hydrogen-bond donors (Lipinski definition) is 1. The zero-order valence-corrected chi connectivity index (χ0v) is 14.9. The predicted molar refractivity (Wildman–Crippen MR) is 95.9 cm³/mol. The van der Waals surface area contributed by atoms with Crippen molar-refractivity contribution in [3.8, 4) is 11.5 Å². The average Bonchev–Trinajstić information content (AvgIpc) is 3.11. The molecule has 1 N–H and O–H groups in total. The molecule has 134 valence electrons. The normalized spacial score (nSPS) is 18.4. The molecule has 0 radical (unpaired) electrons. The Labute approximate surface area is 148 Å². The van der Waals surface area contributed by atoms with Crippen LogP contribution in [0.1, 0.15) is 32.5 Å². The third-order valence-corrected chi connectivity index (χ3v) is 4.69. The van der Waals surface area contributed by atoms with Crippen molar-refractivity contribution in [2.24, 2.45) is 5.92 Å². The molecule has 1 aliphatic rings. The first-order valence-corrected chi connectivity index (χ1v) is 9.03. The lowest BCUT2D eigenvalue weighted by atomic mass is 9.96. The van der Waals surface area contributed by atoms with Crippen LogP contribution in [0.3, 0.4) is 0 Å². The van der Waals surface area contributed by atoms with Gasteiger partial charge in [-0.25, -0.2) is 0 Å². The van der Waals surface area contributed by atoms with Crippen molar-refractivity contribution in [3.05, 3.63) is 36.2 Å². The van der Waals surface area contributed by atoms with Gasteiger partial charge in [0, 0.05) is 31.1 Å². The Morgan fingerprint density at radius 1 is 1.36 bits per heavy atom. The quantitative estimate of drug-likeness (QED) is 0.873. The first-order valence-electron chi connectivity index (χ1n) is 9.03. The van der Waals surface area contributed by atoms with Crippen LogP contribution in [0, 0.1) is 5.92 Å². The number of piperidine rings is 1. The molecule has 2 heterocycles. The maximum Gasteiger partial charge on any atom is 0.257 e. The Bertz CT molecular complexity index is 684. The number of benzene rings is 1. The summed E-state index contributed by atoms with van der Waals surface area (Å²) in [4.78, 5) is 19.1. The summed E-state index contributed by atoms with van der Waals surface area (Å²) >= 11 is 0. The van der Waals surface area contributed by atoms with E-state index in [0.717, 1.165) is 31.5 Å². The van der Waals surface area contributed by atoms with Gasteiger partial charge < -0.3 is 14.7 Å². The zero-order valence-electron chi connectivity index (χ0n) is 14.9. The highest BCUT2D eigenvalue weighted by atomic mass is 16.5. The zero-order chi connectivity index (χ0) is 17.6. The minimum Gasteiger partial charge on any atom is -0.355 e. The van der Waals surface area contributed by atoms with Crippen molar-refractivity contribution in [2.75, 3.05) is 19.6 Å². The van der Waals surface area contributed by atoms with Crippen LogP contribution < -0.4 is 5.32 Å². The van der Waals surface area contributed by atoms with E-state index in [0.29, 0.717) is 30.7 Å². The summed E-state index contributed by atoms with van der Waals surface area (Å²) in [7, 11) is 0. The molecule has 1 amide bonds. The molecule has 6 nitrogen and oxygen atoms in total. The molecular formula is C19H26N4O2. The van der Waals surface area contributed by atoms with Gasteiger partial charge in [-0.2, -0.15) is 4.98 Å². The third-order valence-electron chi connectivity index (χ3n) is 4.69. The predicted octanol–water partition coefficient (Wildman–Crippen LogP) is 2.52. The molecule has 1 aromatic carbocycles. The lowest BCUT2D eigenvalue weighted by Crippen LogP contribution is -2.45. The number of rotatable bonds is 6. The molecule has 3 rings (SSSR count). The Kier molecular flexibility index (Phi) is 5.81. The Hall–Kier alpha value is -2.21. The second kappa shape index (κ2) is 8.25. The highest BCUT2D eigenvalue weighted by molar-refractivity contribution is 5.78. The Morgan fingerprint density at radius 2 is 2.16 bits per heavy atom. The van der Waals surface area contributed by atoms with Gasteiger partial charge in [-0.05, 0) is 45.4 Å². The fourth-order valence-corrected chi connectivity index (χ4v) is 3.18. The molecule has 0 spiro atoms. The van der Waals surface area contributed by atoms with Gasteiger partial charge in [0.05, 0.1) is 5.92 Å². The second-order valence-electron chi connectivity index (χ2n) is 6.85. The summed E-state index contributed by atoms with van der Waals surface area (Å²) in [5.74, 6) is 1.35. The van der Waals surface area contributed by atoms with E-state index in [1.165, 1.54) is 0 Å². The van der Waals surface area contributed by atoms with Crippen LogP contribution in [0.25, 0.3) is 11.5 Å². The van der Waals surface area contributed by atoms with Gasteiger partial charge >= 0.3 is 0 Å². The molecular weight excluding hydrogens is 316 g/mol. The van der Waals surface area contributed by atoms with E-state index in [2.05, 4.69) is 34.2 Å². The lowest BCUT2D eigenvalue weighted by Gasteiger charge is -2.34. The summed E-state index contributed by atoms with van der Waals surface area (Å²) in [5.41, 5.74) is 0.904. The fourth-order valence-electron chi connectivity index (χ4n) is 3.18. The Morgan fingerprint density at radius 3 is 2.92 bits per heavy atom. The molecule has 0 unspecified atom stereocenters. The Balaban J connectivity index is 1.47. The van der Waals surface area contributed by atoms with E-state index < -0.39 is 0 Å². The van der Waals surface area contributed by atoms with Crippen LogP contribution in [0.5, 0.6) is 0 Å². The van der Waals surface area contributed by atoms with E-state index in [9.17, 15) is 4.79 Å². The SMILES string of the molecule is CC(C)N1CCC[C@@H](C(=O)NCCc2noc(-c3ccccc3)n2)C1. The maximum absolute atomic E-state index is 12.4. The van der Waals surface area contributed by atoms with Crippen molar-refractivity contribution in [3.63, 3.8) is 0 Å². The van der Waals surface area contributed by atoms with Gasteiger partial charge in [0.2, 0.25) is 5.91 Å². The molecule has 0 bridgehead atoms. The van der Waals surface area contributed by atoms with Gasteiger partial charge in [-0.15, -0.1) is 0 Å². The van der Waals surface area contributed by atoms with Gasteiger partial charge in [0.25, 0.3) is 5.89 Å². The maximum atomic E-state index is 12.4. The number of hydrogen-bond acceptors (Lipinski definition) is 5. The molecule has 1 aromatic heterocycles. The van der Waals surface area contributed by atoms with Gasteiger partial charge in [-0.3, -0.25) is 4.79 Å². The van der Waals surface area contributed by atoms with Crippen LogP contribution in [-0.4, -0.2) is 46.6 Å². The topological polar surface area (TPSA) is 71.3 Å². The van der Waals surface area contributed by atoms with E-state index in [1.54, 1.807) is 0 Å². The number of likely N-dealkylation sites (tertiary alicyclic amines) is 1. The van der Waals surface area contributed by atoms with Crippen LogP contribution in [0.15, 0.2) is 34.9 Å². The van der Waals surface area contributed by atoms with Gasteiger partial charge in [0.15, 0.2) is 5.82 Å². The molecule has 25 heavy (non-hydrogen) atoms. The lowest BCUT2D eigenvalue weighted by molar-refractivity contribution is -0.126. The number of amides is 1. The number of nitrogens with one attached hydrogen (secondary N) is 1. The largest absolute Gasteiger partial charge is 0.355 e. The van der Waals surface area contributed by atoms with Crippen molar-refractivity contribution < 1.29 is 9.32 Å². The second-order valence-corrected chi connectivity index (χ2v) is 6.85. The number of carbonyl (C=O) groups excluding carboxylic acids is 1. The minimum absolute atomic E-state index is 0.0845. The van der Waals surface area contributed by atoms with E-state index in [-0.39, 0.29) is 11.8 Å². The molecule has 0 saturated carbocycles. The van der Waals surface area contributed by atoms with Crippen molar-refractivity contribution in [1.29, 1.82) is 0 Å². The molecule has 1 saturated heterocycles. The summed E-state index contributed by atoms with van der Waals surface area (Å²) < 4.78 is 5.28. The summed E-state index contributed by atoms with van der Waals surface area (Å²) in [5, 5.41) is 7.01. The van der Waals surface area contributed by atoms with Crippen molar-refractivity contribution in [2.45, 2.75) is 39.2 Å². The fraction of sp³-hybridized carbons (Fsp3) is 0.526. The molecule has 1 fully saturated rings. The monoisotopic (exact) mass is 342 g/mol. The highest BCUT2D eigenvalue weighted by Crippen LogP contribution is 2.19. The molecule has 1 atom stereocenters. The van der Waals surface area contributed by atoms with Crippen molar-refractivity contribution >= 4 is 5.91 Å². The molecule has 6 heteroatoms. The highest BCUT2D eigenvalue weighted by Gasteiger charge is 2.26. The summed E-state index contributed by atoms with van der Waals surface area (Å²) in [6, 6.07) is 10.2. The summed E-state index contributed by atoms with van der Waals surface area (Å²) in [6.07, 6.45) is 2.62. The van der Waals surface area contributed by atoms with Crippen LogP contribution >= 0.6 is 0 Å². The number of nitrogens with zero attached hydrogens (tertiary/aromatic N) is 3. The number of carbonyl (C=O) groups is 1. The van der Waals surface area contributed by atoms with Gasteiger partial charge in [0.1, 0.15) is 0 Å². The van der Waals surface area contributed by atoms with Gasteiger partial charge in [-0.1, -0.05) is 23.4 Å². The molecule has 0 aliphatic carbocycles. The molecule has 1 aliphatic heterocycles. The third kappa shape index (κ3) is 4.66. The van der Waals surface area contributed by atoms with E-state index in [4.69, 9.17) is 4.52 Å². The smallest absolute Gasteiger partial charge is 0.257 e. The van der Waals surface area contributed by atoms with E-state index in [1.807, 2.05) is 30.3 Å². The summed E-state index contributed by atoms with van der Waals surface area (Å²) in [6.45, 7) is 6.84. The standard InChI is InChI=1S/C19H26N4O2/c1-14(2)23-12-6-9-16(13-23)18(24)20-11-10-17-21-19(25-22-17)15-7-4-3-5-8-15/h3-5,7-8,14,16H,6,9-13H2,1-2H3,(H,20,24)/t16-/m1/s1. The minimum atomic E-state index is 0.0845. The molecule has 2 aromatic rings. The van der Waals surface area contributed by atoms with E-state index >= 15 is 0 Å². The average molecular weight is 342 g/mol. The van der Waals surface area contributed by atoms with Crippen LogP contribution in [0.4, 0.5) is 0 Å². The first kappa shape index (κ1) is 17.6.